The van der Waals surface area contributed by atoms with Crippen LogP contribution in [-0.2, 0) is 4.79 Å². The Morgan fingerprint density at radius 1 is 1.38 bits per heavy atom. The third-order valence-corrected chi connectivity index (χ3v) is 4.17. The van der Waals surface area contributed by atoms with Crippen LogP contribution in [-0.4, -0.2) is 28.9 Å². The number of thiazole rings is 1. The van der Waals surface area contributed by atoms with Crippen LogP contribution in [0.5, 0.6) is 0 Å². The lowest BCUT2D eigenvalue weighted by molar-refractivity contribution is -0.130. The Morgan fingerprint density at radius 3 is 2.62 bits per heavy atom. The van der Waals surface area contributed by atoms with Gasteiger partial charge in [-0.25, -0.2) is 4.98 Å². The van der Waals surface area contributed by atoms with Gasteiger partial charge in [0.15, 0.2) is 5.38 Å². The second-order valence-electron chi connectivity index (χ2n) is 3.97. The number of carbonyl (C=O) groups excluding carboxylic acids is 1. The molecule has 16 heavy (non-hydrogen) atoms. The molecule has 88 valence electrons. The molecule has 1 saturated heterocycles. The van der Waals surface area contributed by atoms with Crippen LogP contribution in [0, 0.1) is 0 Å². The van der Waals surface area contributed by atoms with E-state index in [-0.39, 0.29) is 5.91 Å². The Kier molecular flexibility index (Phi) is 4.18. The molecule has 0 radical (unpaired) electrons. The molecule has 1 aromatic heterocycles. The van der Waals surface area contributed by atoms with Gasteiger partial charge in [0.25, 0.3) is 0 Å². The van der Waals surface area contributed by atoms with E-state index in [0.29, 0.717) is 5.01 Å². The third-order valence-electron chi connectivity index (χ3n) is 2.80. The van der Waals surface area contributed by atoms with Gasteiger partial charge >= 0.3 is 0 Å². The average molecular weight is 259 g/mol. The molecule has 1 atom stereocenters. The highest BCUT2D eigenvalue weighted by Crippen LogP contribution is 2.25. The zero-order valence-electron chi connectivity index (χ0n) is 9.06. The second kappa shape index (κ2) is 5.64. The van der Waals surface area contributed by atoms with E-state index < -0.39 is 5.38 Å². The summed E-state index contributed by atoms with van der Waals surface area (Å²) in [4.78, 5) is 18.1. The van der Waals surface area contributed by atoms with Crippen LogP contribution < -0.4 is 0 Å². The van der Waals surface area contributed by atoms with Crippen LogP contribution in [0.1, 0.15) is 36.1 Å². The van der Waals surface area contributed by atoms with Gasteiger partial charge in [-0.2, -0.15) is 0 Å². The number of alkyl halides is 1. The molecule has 0 saturated carbocycles. The molecule has 2 heterocycles. The fourth-order valence-electron chi connectivity index (χ4n) is 1.92. The summed E-state index contributed by atoms with van der Waals surface area (Å²) in [5, 5.41) is 1.95. The average Bonchev–Trinajstić information content (AvgIpc) is 2.70. The number of halogens is 1. The summed E-state index contributed by atoms with van der Waals surface area (Å²) >= 11 is 7.58. The summed E-state index contributed by atoms with van der Waals surface area (Å²) in [6.07, 6.45) is 6.30. The maximum atomic E-state index is 12.1. The second-order valence-corrected chi connectivity index (χ2v) is 5.33. The minimum Gasteiger partial charge on any atom is -0.341 e. The van der Waals surface area contributed by atoms with E-state index in [0.717, 1.165) is 25.9 Å². The predicted molar refractivity (Wildman–Crippen MR) is 65.8 cm³/mol. The van der Waals surface area contributed by atoms with Gasteiger partial charge in [-0.05, 0) is 12.8 Å². The lowest BCUT2D eigenvalue weighted by Gasteiger charge is -2.22. The molecule has 2 rings (SSSR count). The fourth-order valence-corrected chi connectivity index (χ4v) is 2.87. The monoisotopic (exact) mass is 258 g/mol. The van der Waals surface area contributed by atoms with Crippen molar-refractivity contribution >= 4 is 28.8 Å². The first-order valence-electron chi connectivity index (χ1n) is 5.61. The van der Waals surface area contributed by atoms with Gasteiger partial charge < -0.3 is 4.90 Å². The molecule has 0 aliphatic carbocycles. The van der Waals surface area contributed by atoms with Crippen molar-refractivity contribution in [2.24, 2.45) is 0 Å². The van der Waals surface area contributed by atoms with Gasteiger partial charge in [-0.15, -0.1) is 22.9 Å². The third kappa shape index (κ3) is 2.74. The van der Waals surface area contributed by atoms with E-state index >= 15 is 0 Å². The topological polar surface area (TPSA) is 33.2 Å². The number of nitrogens with zero attached hydrogens (tertiary/aromatic N) is 2. The molecule has 1 unspecified atom stereocenters. The van der Waals surface area contributed by atoms with Crippen LogP contribution in [0.4, 0.5) is 0 Å². The molecule has 1 amide bonds. The van der Waals surface area contributed by atoms with E-state index in [4.69, 9.17) is 11.6 Å². The normalized spacial score (nSPS) is 19.2. The summed E-state index contributed by atoms with van der Waals surface area (Å²) in [6.45, 7) is 1.68. The Hall–Kier alpha value is -0.610. The SMILES string of the molecule is O=C(C(Cl)c1nccs1)N1CCCCCC1. The summed E-state index contributed by atoms with van der Waals surface area (Å²) in [7, 11) is 0. The number of rotatable bonds is 2. The summed E-state index contributed by atoms with van der Waals surface area (Å²) < 4.78 is 0. The number of amides is 1. The molecule has 1 aliphatic rings. The van der Waals surface area contributed by atoms with Crippen LogP contribution in [0.25, 0.3) is 0 Å². The highest BCUT2D eigenvalue weighted by atomic mass is 35.5. The van der Waals surface area contributed by atoms with Crippen molar-refractivity contribution in [3.8, 4) is 0 Å². The molecule has 0 bridgehead atoms. The first-order chi connectivity index (χ1) is 7.79. The zero-order chi connectivity index (χ0) is 11.4. The van der Waals surface area contributed by atoms with Crippen LogP contribution in [0.2, 0.25) is 0 Å². The summed E-state index contributed by atoms with van der Waals surface area (Å²) in [5.74, 6) is 0.0125. The first kappa shape index (κ1) is 11.9. The summed E-state index contributed by atoms with van der Waals surface area (Å²) in [6, 6.07) is 0. The fraction of sp³-hybridized carbons (Fsp3) is 0.636. The molecule has 0 N–H and O–H groups in total. The molecule has 1 fully saturated rings. The van der Waals surface area contributed by atoms with Crippen molar-refractivity contribution < 1.29 is 4.79 Å². The Bertz CT molecular complexity index is 334. The van der Waals surface area contributed by atoms with Crippen LogP contribution in [0.15, 0.2) is 11.6 Å². The van der Waals surface area contributed by atoms with Crippen molar-refractivity contribution in [3.63, 3.8) is 0 Å². The molecule has 0 spiro atoms. The van der Waals surface area contributed by atoms with E-state index in [9.17, 15) is 4.79 Å². The van der Waals surface area contributed by atoms with Gasteiger partial charge in [-0.1, -0.05) is 12.8 Å². The lowest BCUT2D eigenvalue weighted by Crippen LogP contribution is -2.34. The molecule has 0 aromatic carbocycles. The number of carbonyl (C=O) groups is 1. The molecule has 3 nitrogen and oxygen atoms in total. The molecule has 5 heteroatoms. The Morgan fingerprint density at radius 2 is 2.06 bits per heavy atom. The smallest absolute Gasteiger partial charge is 0.247 e. The lowest BCUT2D eigenvalue weighted by atomic mass is 10.2. The quantitative estimate of drug-likeness (QED) is 0.765. The number of likely N-dealkylation sites (tertiary alicyclic amines) is 1. The van der Waals surface area contributed by atoms with E-state index in [1.54, 1.807) is 6.20 Å². The van der Waals surface area contributed by atoms with Crippen molar-refractivity contribution in [2.45, 2.75) is 31.1 Å². The van der Waals surface area contributed by atoms with Gasteiger partial charge in [0.05, 0.1) is 0 Å². The highest BCUT2D eigenvalue weighted by Gasteiger charge is 2.25. The van der Waals surface area contributed by atoms with Crippen LogP contribution in [0.3, 0.4) is 0 Å². The van der Waals surface area contributed by atoms with Crippen molar-refractivity contribution in [2.75, 3.05) is 13.1 Å². The van der Waals surface area contributed by atoms with Gasteiger partial charge in [0, 0.05) is 24.7 Å². The number of hydrogen-bond donors (Lipinski definition) is 0. The van der Waals surface area contributed by atoms with Gasteiger partial charge in [0.2, 0.25) is 5.91 Å². The van der Waals surface area contributed by atoms with E-state index in [1.807, 2.05) is 10.3 Å². The molecular weight excluding hydrogens is 244 g/mol. The van der Waals surface area contributed by atoms with Crippen molar-refractivity contribution in [1.82, 2.24) is 9.88 Å². The van der Waals surface area contributed by atoms with Crippen molar-refractivity contribution in [3.05, 3.63) is 16.6 Å². The van der Waals surface area contributed by atoms with E-state index in [2.05, 4.69) is 4.98 Å². The Balaban J connectivity index is 2.00. The number of aromatic nitrogens is 1. The predicted octanol–water partition coefficient (Wildman–Crippen LogP) is 2.83. The Labute approximate surface area is 104 Å². The minimum atomic E-state index is -0.599. The number of hydrogen-bond acceptors (Lipinski definition) is 3. The molecular formula is C11H15ClN2OS. The van der Waals surface area contributed by atoms with E-state index in [1.165, 1.54) is 24.2 Å². The van der Waals surface area contributed by atoms with Crippen molar-refractivity contribution in [1.29, 1.82) is 0 Å². The first-order valence-corrected chi connectivity index (χ1v) is 6.93. The zero-order valence-corrected chi connectivity index (χ0v) is 10.6. The molecule has 1 aliphatic heterocycles. The molecule has 1 aromatic rings. The van der Waals surface area contributed by atoms with Crippen LogP contribution >= 0.6 is 22.9 Å². The standard InChI is InChI=1S/C11H15ClN2OS/c12-9(10-13-5-8-16-10)11(15)14-6-3-1-2-4-7-14/h5,8-9H,1-4,6-7H2. The maximum Gasteiger partial charge on any atom is 0.247 e. The highest BCUT2D eigenvalue weighted by molar-refractivity contribution is 7.10. The summed E-state index contributed by atoms with van der Waals surface area (Å²) in [5.41, 5.74) is 0. The largest absolute Gasteiger partial charge is 0.341 e. The minimum absolute atomic E-state index is 0.0125. The maximum absolute atomic E-state index is 12.1. The van der Waals surface area contributed by atoms with Gasteiger partial charge in [-0.3, -0.25) is 4.79 Å². The van der Waals surface area contributed by atoms with Gasteiger partial charge in [0.1, 0.15) is 5.01 Å².